The van der Waals surface area contributed by atoms with E-state index in [0.29, 0.717) is 5.56 Å². The van der Waals surface area contributed by atoms with Gasteiger partial charge in [0, 0.05) is 12.7 Å². The molecule has 1 saturated carbocycles. The summed E-state index contributed by atoms with van der Waals surface area (Å²) in [5, 5.41) is 3.44. The van der Waals surface area contributed by atoms with Crippen molar-refractivity contribution in [1.82, 2.24) is 10.3 Å². The SMILES string of the molecule is COC(=O)c1ccc(CNCCC2CCC(C)CC2)nc1. The Morgan fingerprint density at radius 3 is 2.71 bits per heavy atom. The molecule has 1 heterocycles. The van der Waals surface area contributed by atoms with E-state index in [-0.39, 0.29) is 5.97 Å². The summed E-state index contributed by atoms with van der Waals surface area (Å²) < 4.78 is 4.65. The number of nitrogens with one attached hydrogen (secondary N) is 1. The summed E-state index contributed by atoms with van der Waals surface area (Å²) >= 11 is 0. The molecular weight excluding hydrogens is 264 g/mol. The van der Waals surface area contributed by atoms with Crippen molar-refractivity contribution in [1.29, 1.82) is 0 Å². The van der Waals surface area contributed by atoms with Crippen molar-refractivity contribution in [3.05, 3.63) is 29.6 Å². The smallest absolute Gasteiger partial charge is 0.339 e. The lowest BCUT2D eigenvalue weighted by atomic mass is 9.81. The molecule has 1 fully saturated rings. The first-order valence-corrected chi connectivity index (χ1v) is 7.93. The van der Waals surface area contributed by atoms with Crippen LogP contribution in [0.3, 0.4) is 0 Å². The van der Waals surface area contributed by atoms with Crippen LogP contribution >= 0.6 is 0 Å². The van der Waals surface area contributed by atoms with Crippen molar-refractivity contribution in [2.24, 2.45) is 11.8 Å². The molecule has 4 nitrogen and oxygen atoms in total. The van der Waals surface area contributed by atoms with E-state index < -0.39 is 0 Å². The zero-order chi connectivity index (χ0) is 15.1. The molecule has 0 unspecified atom stereocenters. The van der Waals surface area contributed by atoms with Crippen molar-refractivity contribution in [3.8, 4) is 0 Å². The van der Waals surface area contributed by atoms with E-state index in [1.54, 1.807) is 12.3 Å². The summed E-state index contributed by atoms with van der Waals surface area (Å²) in [6.07, 6.45) is 8.38. The van der Waals surface area contributed by atoms with Gasteiger partial charge in [-0.25, -0.2) is 4.79 Å². The van der Waals surface area contributed by atoms with Gasteiger partial charge in [-0.1, -0.05) is 32.6 Å². The highest BCUT2D eigenvalue weighted by atomic mass is 16.5. The highest BCUT2D eigenvalue weighted by molar-refractivity contribution is 5.88. The van der Waals surface area contributed by atoms with Gasteiger partial charge in [-0.15, -0.1) is 0 Å². The van der Waals surface area contributed by atoms with Crippen molar-refractivity contribution < 1.29 is 9.53 Å². The summed E-state index contributed by atoms with van der Waals surface area (Å²) in [5.41, 5.74) is 1.46. The van der Waals surface area contributed by atoms with Crippen molar-refractivity contribution in [2.45, 2.75) is 45.6 Å². The van der Waals surface area contributed by atoms with E-state index in [9.17, 15) is 4.79 Å². The number of methoxy groups -OCH3 is 1. The first-order chi connectivity index (χ1) is 10.2. The second-order valence-electron chi connectivity index (χ2n) is 6.12. The molecule has 4 heteroatoms. The van der Waals surface area contributed by atoms with Crippen molar-refractivity contribution >= 4 is 5.97 Å². The second kappa shape index (κ2) is 8.13. The van der Waals surface area contributed by atoms with Crippen LogP contribution in [0.2, 0.25) is 0 Å². The molecule has 2 rings (SSSR count). The number of rotatable bonds is 6. The largest absolute Gasteiger partial charge is 0.465 e. The lowest BCUT2D eigenvalue weighted by Crippen LogP contribution is -2.21. The number of pyridine rings is 1. The Hall–Kier alpha value is -1.42. The fourth-order valence-electron chi connectivity index (χ4n) is 2.91. The van der Waals surface area contributed by atoms with Crippen LogP contribution in [0.5, 0.6) is 0 Å². The number of aromatic nitrogens is 1. The molecule has 0 radical (unpaired) electrons. The highest BCUT2D eigenvalue weighted by Crippen LogP contribution is 2.29. The molecule has 0 spiro atoms. The molecule has 116 valence electrons. The number of hydrogen-bond acceptors (Lipinski definition) is 4. The van der Waals surface area contributed by atoms with Gasteiger partial charge >= 0.3 is 5.97 Å². The molecule has 0 saturated heterocycles. The average molecular weight is 290 g/mol. The third kappa shape index (κ3) is 5.12. The Balaban J connectivity index is 1.65. The van der Waals surface area contributed by atoms with Gasteiger partial charge in [0.2, 0.25) is 0 Å². The molecule has 21 heavy (non-hydrogen) atoms. The topological polar surface area (TPSA) is 51.2 Å². The lowest BCUT2D eigenvalue weighted by Gasteiger charge is -2.26. The zero-order valence-electron chi connectivity index (χ0n) is 13.1. The molecule has 0 aromatic carbocycles. The zero-order valence-corrected chi connectivity index (χ0v) is 13.1. The fraction of sp³-hybridized carbons (Fsp3) is 0.647. The maximum absolute atomic E-state index is 11.3. The maximum atomic E-state index is 11.3. The number of esters is 1. The summed E-state index contributed by atoms with van der Waals surface area (Å²) in [6, 6.07) is 3.64. The first-order valence-electron chi connectivity index (χ1n) is 7.93. The van der Waals surface area contributed by atoms with E-state index in [1.807, 2.05) is 6.07 Å². The summed E-state index contributed by atoms with van der Waals surface area (Å²) in [7, 11) is 1.38. The molecule has 1 aliphatic rings. The number of ether oxygens (including phenoxy) is 1. The monoisotopic (exact) mass is 290 g/mol. The van der Waals surface area contributed by atoms with Crippen LogP contribution in [0.4, 0.5) is 0 Å². The van der Waals surface area contributed by atoms with Crippen LogP contribution in [0, 0.1) is 11.8 Å². The van der Waals surface area contributed by atoms with Gasteiger partial charge in [-0.2, -0.15) is 0 Å². The minimum absolute atomic E-state index is 0.339. The molecule has 1 aromatic rings. The summed E-state index contributed by atoms with van der Waals surface area (Å²) in [5.74, 6) is 1.48. The maximum Gasteiger partial charge on any atom is 0.339 e. The Kier molecular flexibility index (Phi) is 6.18. The predicted molar refractivity (Wildman–Crippen MR) is 83.0 cm³/mol. The summed E-state index contributed by atoms with van der Waals surface area (Å²) in [6.45, 7) is 4.15. The minimum atomic E-state index is -0.339. The molecule has 0 atom stereocenters. The average Bonchev–Trinajstić information content (AvgIpc) is 2.53. The quantitative estimate of drug-likeness (QED) is 0.646. The second-order valence-corrected chi connectivity index (χ2v) is 6.12. The Morgan fingerprint density at radius 2 is 2.10 bits per heavy atom. The molecule has 1 aromatic heterocycles. The number of hydrogen-bond donors (Lipinski definition) is 1. The van der Waals surface area contributed by atoms with Gasteiger partial charge in [0.15, 0.2) is 0 Å². The Morgan fingerprint density at radius 1 is 1.33 bits per heavy atom. The van der Waals surface area contributed by atoms with Crippen LogP contribution < -0.4 is 5.32 Å². The van der Waals surface area contributed by atoms with E-state index >= 15 is 0 Å². The van der Waals surface area contributed by atoms with E-state index in [2.05, 4.69) is 22.0 Å². The Labute approximate surface area is 127 Å². The first kappa shape index (κ1) is 16.0. The molecule has 0 amide bonds. The van der Waals surface area contributed by atoms with Crippen LogP contribution in [0.25, 0.3) is 0 Å². The normalized spacial score (nSPS) is 22.0. The molecular formula is C17H26N2O2. The van der Waals surface area contributed by atoms with Crippen LogP contribution in [0.15, 0.2) is 18.3 Å². The van der Waals surface area contributed by atoms with Gasteiger partial charge in [-0.05, 0) is 36.9 Å². The highest BCUT2D eigenvalue weighted by Gasteiger charge is 2.17. The van der Waals surface area contributed by atoms with Crippen LogP contribution in [-0.4, -0.2) is 24.6 Å². The molecule has 1 N–H and O–H groups in total. The van der Waals surface area contributed by atoms with Gasteiger partial charge in [0.25, 0.3) is 0 Å². The van der Waals surface area contributed by atoms with E-state index in [0.717, 1.165) is 30.6 Å². The van der Waals surface area contributed by atoms with Crippen molar-refractivity contribution in [3.63, 3.8) is 0 Å². The van der Waals surface area contributed by atoms with E-state index in [1.165, 1.54) is 39.2 Å². The molecule has 1 aliphatic carbocycles. The van der Waals surface area contributed by atoms with E-state index in [4.69, 9.17) is 0 Å². The number of carbonyl (C=O) groups excluding carboxylic acids is 1. The Bertz CT molecular complexity index is 437. The van der Waals surface area contributed by atoms with Gasteiger partial charge in [0.05, 0.1) is 18.4 Å². The van der Waals surface area contributed by atoms with Gasteiger partial charge in [0.1, 0.15) is 0 Å². The standard InChI is InChI=1S/C17H26N2O2/c1-13-3-5-14(6-4-13)9-10-18-12-16-8-7-15(11-19-16)17(20)21-2/h7-8,11,13-14,18H,3-6,9-10,12H2,1-2H3. The summed E-state index contributed by atoms with van der Waals surface area (Å²) in [4.78, 5) is 15.6. The van der Waals surface area contributed by atoms with Crippen LogP contribution in [-0.2, 0) is 11.3 Å². The lowest BCUT2D eigenvalue weighted by molar-refractivity contribution is 0.0600. The molecule has 0 bridgehead atoms. The van der Waals surface area contributed by atoms with Crippen LogP contribution in [0.1, 0.15) is 55.1 Å². The third-order valence-electron chi connectivity index (χ3n) is 4.42. The fourth-order valence-corrected chi connectivity index (χ4v) is 2.91. The predicted octanol–water partition coefficient (Wildman–Crippen LogP) is 3.17. The van der Waals surface area contributed by atoms with Gasteiger partial charge < -0.3 is 10.1 Å². The number of carbonyl (C=O) groups is 1. The molecule has 0 aliphatic heterocycles. The minimum Gasteiger partial charge on any atom is -0.465 e. The van der Waals surface area contributed by atoms with Crippen molar-refractivity contribution in [2.75, 3.05) is 13.7 Å². The van der Waals surface area contributed by atoms with Gasteiger partial charge in [-0.3, -0.25) is 4.98 Å². The third-order valence-corrected chi connectivity index (χ3v) is 4.42. The number of nitrogens with zero attached hydrogens (tertiary/aromatic N) is 1.